The molecule has 0 aliphatic carbocycles. The number of nitrogens with zero attached hydrogens (tertiary/aromatic N) is 5. The second-order valence-electron chi connectivity index (χ2n) is 7.80. The van der Waals surface area contributed by atoms with E-state index in [9.17, 15) is 5.11 Å². The van der Waals surface area contributed by atoms with Crippen LogP contribution in [0.5, 0.6) is 11.6 Å². The van der Waals surface area contributed by atoms with Gasteiger partial charge in [-0.3, -0.25) is 0 Å². The van der Waals surface area contributed by atoms with Crippen LogP contribution in [0.4, 0.5) is 0 Å². The Morgan fingerprint density at radius 2 is 1.71 bits per heavy atom. The normalized spacial score (nSPS) is 12.9. The van der Waals surface area contributed by atoms with E-state index in [1.807, 2.05) is 49.5 Å². The van der Waals surface area contributed by atoms with Crippen molar-refractivity contribution < 1.29 is 14.6 Å². The number of aromatic nitrogens is 5. The first-order valence-corrected chi connectivity index (χ1v) is 10.7. The van der Waals surface area contributed by atoms with Crippen LogP contribution in [0.25, 0.3) is 22.0 Å². The SMILES string of the molecule is COc1nc2ccc(C(O)(c3ncccn3)c3cncn3C)cc2c(OC)c1-c1ccccc1. The Bertz CT molecular complexity index is 1450. The molecule has 1 unspecified atom stereocenters. The molecule has 1 N–H and O–H groups in total. The molecule has 0 fully saturated rings. The second-order valence-corrected chi connectivity index (χ2v) is 7.80. The lowest BCUT2D eigenvalue weighted by Gasteiger charge is -2.28. The van der Waals surface area contributed by atoms with Crippen LogP contribution in [-0.4, -0.2) is 43.8 Å². The van der Waals surface area contributed by atoms with Crippen molar-refractivity contribution in [3.8, 4) is 22.8 Å². The van der Waals surface area contributed by atoms with Crippen molar-refractivity contribution in [1.82, 2.24) is 24.5 Å². The monoisotopic (exact) mass is 453 g/mol. The highest BCUT2D eigenvalue weighted by molar-refractivity contribution is 5.95. The van der Waals surface area contributed by atoms with Crippen molar-refractivity contribution in [2.24, 2.45) is 7.05 Å². The maximum Gasteiger partial charge on any atom is 0.225 e. The second kappa shape index (κ2) is 8.57. The van der Waals surface area contributed by atoms with E-state index in [0.717, 1.165) is 16.5 Å². The first-order valence-electron chi connectivity index (χ1n) is 10.7. The zero-order chi connectivity index (χ0) is 23.7. The minimum atomic E-state index is -1.65. The first kappa shape index (κ1) is 21.5. The van der Waals surface area contributed by atoms with Crippen molar-refractivity contribution in [3.05, 3.63) is 96.6 Å². The number of imidazole rings is 1. The summed E-state index contributed by atoms with van der Waals surface area (Å²) in [6.45, 7) is 0. The van der Waals surface area contributed by atoms with Crippen LogP contribution in [-0.2, 0) is 12.6 Å². The van der Waals surface area contributed by atoms with Gasteiger partial charge in [0.25, 0.3) is 0 Å². The third kappa shape index (κ3) is 3.36. The van der Waals surface area contributed by atoms with E-state index >= 15 is 0 Å². The van der Waals surface area contributed by atoms with Crippen LogP contribution in [0.3, 0.4) is 0 Å². The number of ether oxygens (including phenoxy) is 2. The van der Waals surface area contributed by atoms with Gasteiger partial charge in [0, 0.05) is 24.8 Å². The Labute approximate surface area is 196 Å². The molecule has 8 heteroatoms. The highest BCUT2D eigenvalue weighted by atomic mass is 16.5. The molecule has 34 heavy (non-hydrogen) atoms. The Balaban J connectivity index is 1.82. The number of hydrogen-bond acceptors (Lipinski definition) is 7. The fourth-order valence-electron chi connectivity index (χ4n) is 4.24. The fraction of sp³-hybridized carbons (Fsp3) is 0.154. The summed E-state index contributed by atoms with van der Waals surface area (Å²) in [6, 6.07) is 17.0. The molecule has 0 bridgehead atoms. The number of fused-ring (bicyclic) bond motifs is 1. The maximum absolute atomic E-state index is 12.1. The number of methoxy groups -OCH3 is 2. The molecule has 0 saturated carbocycles. The topological polar surface area (TPSA) is 95.2 Å². The van der Waals surface area contributed by atoms with Crippen LogP contribution in [0.1, 0.15) is 17.1 Å². The molecule has 0 amide bonds. The quantitative estimate of drug-likeness (QED) is 0.419. The smallest absolute Gasteiger partial charge is 0.225 e. The largest absolute Gasteiger partial charge is 0.495 e. The van der Waals surface area contributed by atoms with Gasteiger partial charge in [-0.25, -0.2) is 19.9 Å². The van der Waals surface area contributed by atoms with Gasteiger partial charge in [0.2, 0.25) is 5.88 Å². The molecule has 3 aromatic heterocycles. The Kier molecular flexibility index (Phi) is 5.43. The van der Waals surface area contributed by atoms with E-state index in [1.165, 1.54) is 0 Å². The standard InChI is InChI=1S/C26H23N5O3/c1-31-16-27-15-21(31)26(32,25-28-12-7-13-29-25)18-10-11-20-19(14-18)23(33-2)22(24(30-20)34-3)17-8-5-4-6-9-17/h4-16,32H,1-3H3. The predicted molar refractivity (Wildman–Crippen MR) is 128 cm³/mol. The van der Waals surface area contributed by atoms with Crippen molar-refractivity contribution in [1.29, 1.82) is 0 Å². The molecule has 0 radical (unpaired) electrons. The Morgan fingerprint density at radius 1 is 0.941 bits per heavy atom. The molecule has 5 aromatic rings. The summed E-state index contributed by atoms with van der Waals surface area (Å²) in [4.78, 5) is 17.7. The molecule has 3 heterocycles. The minimum absolute atomic E-state index is 0.238. The van der Waals surface area contributed by atoms with Crippen LogP contribution in [0.2, 0.25) is 0 Å². The van der Waals surface area contributed by atoms with Gasteiger partial charge in [-0.15, -0.1) is 0 Å². The number of aliphatic hydroxyl groups is 1. The number of aryl methyl sites for hydroxylation is 1. The van der Waals surface area contributed by atoms with Crippen molar-refractivity contribution >= 4 is 10.9 Å². The summed E-state index contributed by atoms with van der Waals surface area (Å²) in [6.07, 6.45) is 6.45. The van der Waals surface area contributed by atoms with E-state index in [0.29, 0.717) is 28.4 Å². The average molecular weight is 454 g/mol. The zero-order valence-electron chi connectivity index (χ0n) is 19.0. The van der Waals surface area contributed by atoms with E-state index in [4.69, 9.17) is 14.5 Å². The third-order valence-electron chi connectivity index (χ3n) is 5.86. The summed E-state index contributed by atoms with van der Waals surface area (Å²) in [7, 11) is 5.01. The molecule has 0 saturated heterocycles. The summed E-state index contributed by atoms with van der Waals surface area (Å²) in [5, 5.41) is 12.9. The van der Waals surface area contributed by atoms with E-state index in [2.05, 4.69) is 15.0 Å². The van der Waals surface area contributed by atoms with Crippen LogP contribution < -0.4 is 9.47 Å². The van der Waals surface area contributed by atoms with Gasteiger partial charge in [0.1, 0.15) is 5.75 Å². The number of benzene rings is 2. The average Bonchev–Trinajstić information content (AvgIpc) is 3.34. The molecule has 2 aromatic carbocycles. The Hall–Kier alpha value is -4.30. The van der Waals surface area contributed by atoms with Crippen molar-refractivity contribution in [2.45, 2.75) is 5.60 Å². The number of hydrogen-bond donors (Lipinski definition) is 1. The van der Waals surface area contributed by atoms with Crippen LogP contribution >= 0.6 is 0 Å². The first-order chi connectivity index (χ1) is 16.6. The predicted octanol–water partition coefficient (Wildman–Crippen LogP) is 3.73. The summed E-state index contributed by atoms with van der Waals surface area (Å²) in [5.41, 5.74) is 1.73. The van der Waals surface area contributed by atoms with Gasteiger partial charge in [0.05, 0.1) is 43.5 Å². The molecule has 0 spiro atoms. The zero-order valence-corrected chi connectivity index (χ0v) is 19.0. The lowest BCUT2D eigenvalue weighted by atomic mass is 9.88. The van der Waals surface area contributed by atoms with Gasteiger partial charge >= 0.3 is 0 Å². The molecule has 0 aliphatic heterocycles. The van der Waals surface area contributed by atoms with Crippen molar-refractivity contribution in [2.75, 3.05) is 14.2 Å². The minimum Gasteiger partial charge on any atom is -0.495 e. The van der Waals surface area contributed by atoms with E-state index in [1.54, 1.807) is 55.8 Å². The number of pyridine rings is 1. The fourth-order valence-corrected chi connectivity index (χ4v) is 4.24. The lowest BCUT2D eigenvalue weighted by Crippen LogP contribution is -2.33. The van der Waals surface area contributed by atoms with Gasteiger partial charge in [-0.2, -0.15) is 0 Å². The molecule has 1 atom stereocenters. The summed E-state index contributed by atoms with van der Waals surface area (Å²) < 4.78 is 13.3. The molecular formula is C26H23N5O3. The van der Waals surface area contributed by atoms with Gasteiger partial charge < -0.3 is 19.1 Å². The lowest BCUT2D eigenvalue weighted by molar-refractivity contribution is 0.107. The van der Waals surface area contributed by atoms with Gasteiger partial charge in [0.15, 0.2) is 11.4 Å². The molecule has 0 aliphatic rings. The highest BCUT2D eigenvalue weighted by Crippen LogP contribution is 2.44. The van der Waals surface area contributed by atoms with Gasteiger partial charge in [-0.1, -0.05) is 36.4 Å². The van der Waals surface area contributed by atoms with E-state index < -0.39 is 5.60 Å². The molecule has 8 nitrogen and oxygen atoms in total. The van der Waals surface area contributed by atoms with Crippen molar-refractivity contribution in [3.63, 3.8) is 0 Å². The summed E-state index contributed by atoms with van der Waals surface area (Å²) in [5.74, 6) is 1.29. The maximum atomic E-state index is 12.1. The van der Waals surface area contributed by atoms with Gasteiger partial charge in [-0.05, 0) is 29.3 Å². The molecule has 170 valence electrons. The highest BCUT2D eigenvalue weighted by Gasteiger charge is 2.40. The third-order valence-corrected chi connectivity index (χ3v) is 5.86. The molecule has 5 rings (SSSR count). The molecular weight excluding hydrogens is 430 g/mol. The van der Waals surface area contributed by atoms with Crippen LogP contribution in [0.15, 0.2) is 79.5 Å². The van der Waals surface area contributed by atoms with E-state index in [-0.39, 0.29) is 5.82 Å². The number of rotatable bonds is 6. The summed E-state index contributed by atoms with van der Waals surface area (Å²) >= 11 is 0. The Morgan fingerprint density at radius 3 is 2.35 bits per heavy atom. The van der Waals surface area contributed by atoms with Crippen LogP contribution in [0, 0.1) is 0 Å².